The molecule has 2 atom stereocenters. The lowest BCUT2D eigenvalue weighted by Gasteiger charge is -2.35. The Labute approximate surface area is 217 Å². The number of carbonyl (C=O) groups is 1. The molecule has 0 unspecified atom stereocenters. The molecular formula is C30H33FN4O2. The van der Waals surface area contributed by atoms with Crippen LogP contribution in [0.2, 0.25) is 0 Å². The number of β-amino-alcohol motifs (C(OH)–C–C–N with tert-alkyl or cyclic N) is 1. The van der Waals surface area contributed by atoms with E-state index in [-0.39, 0.29) is 5.82 Å². The summed E-state index contributed by atoms with van der Waals surface area (Å²) in [5, 5.41) is 26.0. The Morgan fingerprint density at radius 1 is 1.03 bits per heavy atom. The van der Waals surface area contributed by atoms with Gasteiger partial charge in [0.25, 0.3) is 0 Å². The first kappa shape index (κ1) is 26.3. The molecule has 192 valence electrons. The molecule has 0 aliphatic carbocycles. The van der Waals surface area contributed by atoms with Crippen LogP contribution in [0.4, 0.5) is 14.9 Å². The number of nitrogens with zero attached hydrogens (tertiary/aromatic N) is 2. The van der Waals surface area contributed by atoms with Gasteiger partial charge in [-0.05, 0) is 86.1 Å². The lowest BCUT2D eigenvalue weighted by Crippen LogP contribution is -2.51. The molecule has 0 radical (unpaired) electrons. The fourth-order valence-corrected chi connectivity index (χ4v) is 4.87. The van der Waals surface area contributed by atoms with E-state index < -0.39 is 18.2 Å². The zero-order chi connectivity index (χ0) is 26.0. The Morgan fingerprint density at radius 2 is 1.76 bits per heavy atom. The van der Waals surface area contributed by atoms with Crippen LogP contribution in [-0.4, -0.2) is 47.8 Å². The Morgan fingerprint density at radius 3 is 2.46 bits per heavy atom. The molecule has 1 fully saturated rings. The topological polar surface area (TPSA) is 88.4 Å². The molecule has 6 nitrogen and oxygen atoms in total. The predicted molar refractivity (Wildman–Crippen MR) is 143 cm³/mol. The second-order valence-corrected chi connectivity index (χ2v) is 9.73. The maximum absolute atomic E-state index is 13.2. The average molecular weight is 501 g/mol. The zero-order valence-electron chi connectivity index (χ0n) is 20.8. The number of hydrogen-bond donors (Lipinski definition) is 3. The van der Waals surface area contributed by atoms with E-state index in [2.05, 4.69) is 21.6 Å². The molecule has 37 heavy (non-hydrogen) atoms. The summed E-state index contributed by atoms with van der Waals surface area (Å²) < 4.78 is 13.2. The maximum Gasteiger partial charge on any atom is 0.319 e. The van der Waals surface area contributed by atoms with Crippen molar-refractivity contribution in [1.29, 1.82) is 5.26 Å². The molecule has 7 heteroatoms. The minimum Gasteiger partial charge on any atom is -0.390 e. The highest BCUT2D eigenvalue weighted by molar-refractivity contribution is 5.89. The summed E-state index contributed by atoms with van der Waals surface area (Å²) in [6, 6.07) is 24.4. The molecule has 1 aliphatic rings. The number of likely N-dealkylation sites (tertiary alicyclic amines) is 1. The quantitative estimate of drug-likeness (QED) is 0.396. The molecule has 0 bridgehead atoms. The van der Waals surface area contributed by atoms with Gasteiger partial charge >= 0.3 is 6.03 Å². The molecule has 3 aromatic rings. The highest BCUT2D eigenvalue weighted by Crippen LogP contribution is 2.22. The van der Waals surface area contributed by atoms with E-state index in [1.807, 2.05) is 42.5 Å². The molecule has 1 aliphatic heterocycles. The number of benzene rings is 3. The number of nitriles is 1. The molecular weight excluding hydrogens is 467 g/mol. The van der Waals surface area contributed by atoms with Gasteiger partial charge in [-0.2, -0.15) is 5.26 Å². The van der Waals surface area contributed by atoms with E-state index in [0.29, 0.717) is 30.1 Å². The third kappa shape index (κ3) is 8.14. The van der Waals surface area contributed by atoms with Gasteiger partial charge in [-0.1, -0.05) is 48.5 Å². The minimum absolute atomic E-state index is 0.212. The number of rotatable bonds is 9. The number of amides is 2. The zero-order valence-corrected chi connectivity index (χ0v) is 20.8. The third-order valence-electron chi connectivity index (χ3n) is 6.92. The highest BCUT2D eigenvalue weighted by Gasteiger charge is 2.27. The van der Waals surface area contributed by atoms with Crippen molar-refractivity contribution in [2.75, 3.05) is 25.0 Å². The van der Waals surface area contributed by atoms with Crippen molar-refractivity contribution in [2.24, 2.45) is 5.92 Å². The van der Waals surface area contributed by atoms with Gasteiger partial charge in [0.15, 0.2) is 0 Å². The van der Waals surface area contributed by atoms with Crippen LogP contribution in [0.25, 0.3) is 0 Å². The van der Waals surface area contributed by atoms with Crippen LogP contribution in [-0.2, 0) is 12.8 Å². The summed E-state index contributed by atoms with van der Waals surface area (Å²) in [6.07, 6.45) is 2.69. The normalized spacial score (nSPS) is 15.9. The number of urea groups is 1. The number of aliphatic hydroxyl groups excluding tert-OH is 1. The molecule has 4 rings (SSSR count). The Kier molecular flexibility index (Phi) is 9.25. The first-order chi connectivity index (χ1) is 18.0. The van der Waals surface area contributed by atoms with E-state index >= 15 is 0 Å². The highest BCUT2D eigenvalue weighted by atomic mass is 19.1. The van der Waals surface area contributed by atoms with Crippen molar-refractivity contribution in [3.63, 3.8) is 0 Å². The number of halogens is 1. The van der Waals surface area contributed by atoms with Crippen molar-refractivity contribution in [3.8, 4) is 6.07 Å². The fraction of sp³-hybridized carbons (Fsp3) is 0.333. The Balaban J connectivity index is 1.33. The summed E-state index contributed by atoms with van der Waals surface area (Å²) in [4.78, 5) is 15.0. The lowest BCUT2D eigenvalue weighted by atomic mass is 9.90. The van der Waals surface area contributed by atoms with Gasteiger partial charge in [-0.25, -0.2) is 9.18 Å². The molecule has 3 aromatic carbocycles. The van der Waals surface area contributed by atoms with Gasteiger partial charge in [-0.15, -0.1) is 0 Å². The van der Waals surface area contributed by atoms with E-state index in [1.165, 1.54) is 12.1 Å². The van der Waals surface area contributed by atoms with Crippen molar-refractivity contribution in [1.82, 2.24) is 10.2 Å². The number of anilines is 1. The van der Waals surface area contributed by atoms with Gasteiger partial charge in [-0.3, -0.25) is 0 Å². The summed E-state index contributed by atoms with van der Waals surface area (Å²) >= 11 is 0. The standard InChI is InChI=1S/C30H33FN4O2/c31-26-11-9-23(10-12-26)17-24-13-15-35(16-14-24)21-29(36)28(19-22-5-2-1-3-6-22)34-30(37)33-27-8-4-7-25(18-27)20-32/h1-12,18,24,28-29,36H,13-17,19,21H2,(H2,33,34,37)/t28-,29-/m1/s1. The smallest absolute Gasteiger partial charge is 0.319 e. The maximum atomic E-state index is 13.2. The number of piperidine rings is 1. The first-order valence-electron chi connectivity index (χ1n) is 12.7. The monoisotopic (exact) mass is 500 g/mol. The van der Waals surface area contributed by atoms with Crippen molar-refractivity contribution in [2.45, 2.75) is 37.8 Å². The third-order valence-corrected chi connectivity index (χ3v) is 6.92. The van der Waals surface area contributed by atoms with Crippen LogP contribution in [0, 0.1) is 23.1 Å². The molecule has 2 amide bonds. The molecule has 0 aromatic heterocycles. The number of nitrogens with one attached hydrogen (secondary N) is 2. The number of aliphatic hydroxyl groups is 1. The number of carbonyl (C=O) groups excluding carboxylic acids is 1. The summed E-state index contributed by atoms with van der Waals surface area (Å²) in [5.74, 6) is 0.322. The van der Waals surface area contributed by atoms with Gasteiger partial charge in [0.2, 0.25) is 0 Å². The SMILES string of the molecule is N#Cc1cccc(NC(=O)N[C@H](Cc2ccccc2)[C@H](O)CN2CCC(Cc3ccc(F)cc3)CC2)c1. The number of hydrogen-bond acceptors (Lipinski definition) is 4. The molecule has 1 heterocycles. The van der Waals surface area contributed by atoms with E-state index in [0.717, 1.165) is 43.5 Å². The first-order valence-corrected chi connectivity index (χ1v) is 12.7. The second-order valence-electron chi connectivity index (χ2n) is 9.73. The molecule has 0 spiro atoms. The van der Waals surface area contributed by atoms with Crippen molar-refractivity contribution in [3.05, 3.63) is 101 Å². The van der Waals surface area contributed by atoms with Crippen molar-refractivity contribution >= 4 is 11.7 Å². The van der Waals surface area contributed by atoms with Crippen LogP contribution in [0.5, 0.6) is 0 Å². The van der Waals surface area contributed by atoms with Gasteiger partial charge in [0, 0.05) is 12.2 Å². The van der Waals surface area contributed by atoms with Crippen LogP contribution in [0.15, 0.2) is 78.9 Å². The van der Waals surface area contributed by atoms with Crippen LogP contribution in [0.3, 0.4) is 0 Å². The minimum atomic E-state index is -0.759. The van der Waals surface area contributed by atoms with Gasteiger partial charge in [0.1, 0.15) is 5.82 Å². The van der Waals surface area contributed by atoms with E-state index in [4.69, 9.17) is 5.26 Å². The van der Waals surface area contributed by atoms with Gasteiger partial charge < -0.3 is 20.6 Å². The molecule has 3 N–H and O–H groups in total. The van der Waals surface area contributed by atoms with E-state index in [9.17, 15) is 14.3 Å². The summed E-state index contributed by atoms with van der Waals surface area (Å²) in [7, 11) is 0. The van der Waals surface area contributed by atoms with Crippen molar-refractivity contribution < 1.29 is 14.3 Å². The lowest BCUT2D eigenvalue weighted by molar-refractivity contribution is 0.0659. The largest absolute Gasteiger partial charge is 0.390 e. The van der Waals surface area contributed by atoms with Crippen LogP contribution in [0.1, 0.15) is 29.5 Å². The van der Waals surface area contributed by atoms with Crippen LogP contribution >= 0.6 is 0 Å². The Bertz CT molecular complexity index is 1190. The molecule has 1 saturated heterocycles. The molecule has 0 saturated carbocycles. The van der Waals surface area contributed by atoms with E-state index in [1.54, 1.807) is 24.3 Å². The fourth-order valence-electron chi connectivity index (χ4n) is 4.87. The average Bonchev–Trinajstić information content (AvgIpc) is 2.91. The van der Waals surface area contributed by atoms with Gasteiger partial charge in [0.05, 0.1) is 23.8 Å². The second kappa shape index (κ2) is 13.0. The van der Waals surface area contributed by atoms with Crippen LogP contribution < -0.4 is 10.6 Å². The summed E-state index contributed by atoms with van der Waals surface area (Å²) in [6.45, 7) is 2.20. The predicted octanol–water partition coefficient (Wildman–Crippen LogP) is 4.75. The summed E-state index contributed by atoms with van der Waals surface area (Å²) in [5.41, 5.74) is 3.16. The Hall–Kier alpha value is -3.73.